The lowest BCUT2D eigenvalue weighted by atomic mass is 10.4. The van der Waals surface area contributed by atoms with Crippen LogP contribution in [0.3, 0.4) is 0 Å². The summed E-state index contributed by atoms with van der Waals surface area (Å²) >= 11 is 0. The SMILES string of the molecule is COCCOCCCOCC(O)COC. The van der Waals surface area contributed by atoms with E-state index in [1.807, 2.05) is 0 Å². The van der Waals surface area contributed by atoms with E-state index in [2.05, 4.69) is 0 Å². The number of hydrogen-bond donors (Lipinski definition) is 1. The Labute approximate surface area is 91.3 Å². The van der Waals surface area contributed by atoms with Gasteiger partial charge >= 0.3 is 0 Å². The maximum Gasteiger partial charge on any atom is 0.101 e. The van der Waals surface area contributed by atoms with Crippen LogP contribution in [0.2, 0.25) is 0 Å². The summed E-state index contributed by atoms with van der Waals surface area (Å²) in [6.45, 7) is 3.10. The molecule has 0 fully saturated rings. The number of hydrogen-bond acceptors (Lipinski definition) is 5. The van der Waals surface area contributed by atoms with E-state index >= 15 is 0 Å². The van der Waals surface area contributed by atoms with Gasteiger partial charge in [0.2, 0.25) is 0 Å². The molecule has 0 aliphatic carbocycles. The van der Waals surface area contributed by atoms with Gasteiger partial charge in [-0.2, -0.15) is 0 Å². The fourth-order valence-electron chi connectivity index (χ4n) is 0.967. The van der Waals surface area contributed by atoms with Gasteiger partial charge in [-0.3, -0.25) is 0 Å². The second-order valence-electron chi connectivity index (χ2n) is 3.14. The average Bonchev–Trinajstić information content (AvgIpc) is 2.22. The molecular formula is C10H22O5. The van der Waals surface area contributed by atoms with Gasteiger partial charge in [0.25, 0.3) is 0 Å². The van der Waals surface area contributed by atoms with Crippen LogP contribution in [0.15, 0.2) is 0 Å². The largest absolute Gasteiger partial charge is 0.388 e. The zero-order valence-electron chi connectivity index (χ0n) is 9.61. The molecule has 0 heterocycles. The molecule has 0 aliphatic heterocycles. The summed E-state index contributed by atoms with van der Waals surface area (Å²) in [6.07, 6.45) is 0.285. The molecule has 0 radical (unpaired) electrons. The molecule has 1 unspecified atom stereocenters. The minimum atomic E-state index is -0.538. The van der Waals surface area contributed by atoms with E-state index in [1.54, 1.807) is 14.2 Å². The Hall–Kier alpha value is -0.200. The number of ether oxygens (including phenoxy) is 4. The Balaban J connectivity index is 2.98. The quantitative estimate of drug-likeness (QED) is 0.501. The molecule has 0 aromatic rings. The van der Waals surface area contributed by atoms with Gasteiger partial charge < -0.3 is 24.1 Å². The number of rotatable bonds is 11. The van der Waals surface area contributed by atoms with Gasteiger partial charge in [0, 0.05) is 27.4 Å². The van der Waals surface area contributed by atoms with E-state index in [0.29, 0.717) is 39.6 Å². The van der Waals surface area contributed by atoms with Gasteiger partial charge in [0.1, 0.15) is 6.10 Å². The molecule has 0 rings (SSSR count). The molecule has 0 bridgehead atoms. The van der Waals surface area contributed by atoms with Crippen LogP contribution < -0.4 is 0 Å². The lowest BCUT2D eigenvalue weighted by molar-refractivity contribution is -0.0127. The molecule has 0 amide bonds. The Morgan fingerprint density at radius 1 is 0.867 bits per heavy atom. The molecule has 0 saturated carbocycles. The molecule has 5 nitrogen and oxygen atoms in total. The van der Waals surface area contributed by atoms with E-state index in [-0.39, 0.29) is 0 Å². The first-order valence-electron chi connectivity index (χ1n) is 5.12. The fraction of sp³-hybridized carbons (Fsp3) is 1.00. The minimum Gasteiger partial charge on any atom is -0.388 e. The van der Waals surface area contributed by atoms with Crippen LogP contribution in [0.25, 0.3) is 0 Å². The monoisotopic (exact) mass is 222 g/mol. The van der Waals surface area contributed by atoms with Crippen molar-refractivity contribution in [3.8, 4) is 0 Å². The number of aliphatic hydroxyl groups is 1. The third kappa shape index (κ3) is 11.7. The van der Waals surface area contributed by atoms with Crippen molar-refractivity contribution in [2.24, 2.45) is 0 Å². The maximum atomic E-state index is 9.22. The highest BCUT2D eigenvalue weighted by Gasteiger charge is 2.02. The Bertz CT molecular complexity index is 120. The van der Waals surface area contributed by atoms with Crippen molar-refractivity contribution in [2.45, 2.75) is 12.5 Å². The normalized spacial score (nSPS) is 13.0. The van der Waals surface area contributed by atoms with E-state index in [4.69, 9.17) is 18.9 Å². The second kappa shape index (κ2) is 11.9. The van der Waals surface area contributed by atoms with Crippen molar-refractivity contribution >= 4 is 0 Å². The van der Waals surface area contributed by atoms with Crippen molar-refractivity contribution < 1.29 is 24.1 Å². The van der Waals surface area contributed by atoms with Crippen LogP contribution in [-0.2, 0) is 18.9 Å². The Morgan fingerprint density at radius 3 is 2.27 bits per heavy atom. The first-order chi connectivity index (χ1) is 7.31. The topological polar surface area (TPSA) is 57.2 Å². The highest BCUT2D eigenvalue weighted by Crippen LogP contribution is 1.89. The fourth-order valence-corrected chi connectivity index (χ4v) is 0.967. The molecule has 5 heteroatoms. The predicted octanol–water partition coefficient (Wildman–Crippen LogP) is 0.0634. The molecule has 0 aromatic heterocycles. The second-order valence-corrected chi connectivity index (χ2v) is 3.14. The molecular weight excluding hydrogens is 200 g/mol. The van der Waals surface area contributed by atoms with Crippen LogP contribution in [0.1, 0.15) is 6.42 Å². The Kier molecular flexibility index (Phi) is 11.7. The van der Waals surface area contributed by atoms with Crippen molar-refractivity contribution in [2.75, 3.05) is 53.9 Å². The lowest BCUT2D eigenvalue weighted by Gasteiger charge is -2.10. The van der Waals surface area contributed by atoms with Gasteiger partial charge in [-0.25, -0.2) is 0 Å². The summed E-state index contributed by atoms with van der Waals surface area (Å²) in [5.41, 5.74) is 0. The van der Waals surface area contributed by atoms with Crippen molar-refractivity contribution in [3.05, 3.63) is 0 Å². The van der Waals surface area contributed by atoms with Crippen molar-refractivity contribution in [3.63, 3.8) is 0 Å². The lowest BCUT2D eigenvalue weighted by Crippen LogP contribution is -2.21. The smallest absolute Gasteiger partial charge is 0.101 e. The summed E-state index contributed by atoms with van der Waals surface area (Å²) in [7, 11) is 3.19. The number of methoxy groups -OCH3 is 2. The third-order valence-electron chi connectivity index (χ3n) is 1.68. The molecule has 1 N–H and O–H groups in total. The van der Waals surface area contributed by atoms with Crippen LogP contribution in [0.5, 0.6) is 0 Å². The van der Waals surface area contributed by atoms with Crippen molar-refractivity contribution in [1.82, 2.24) is 0 Å². The zero-order chi connectivity index (χ0) is 11.4. The summed E-state index contributed by atoms with van der Waals surface area (Å²) in [4.78, 5) is 0. The molecule has 0 aromatic carbocycles. The molecule has 0 spiro atoms. The first kappa shape index (κ1) is 14.8. The third-order valence-corrected chi connectivity index (χ3v) is 1.68. The zero-order valence-corrected chi connectivity index (χ0v) is 9.61. The van der Waals surface area contributed by atoms with Gasteiger partial charge in [-0.15, -0.1) is 0 Å². The summed E-state index contributed by atoms with van der Waals surface area (Å²) in [5, 5.41) is 9.22. The average molecular weight is 222 g/mol. The molecule has 1 atom stereocenters. The maximum absolute atomic E-state index is 9.22. The van der Waals surface area contributed by atoms with Crippen LogP contribution in [0.4, 0.5) is 0 Å². The van der Waals surface area contributed by atoms with E-state index < -0.39 is 6.10 Å². The summed E-state index contributed by atoms with van der Waals surface area (Å²) < 4.78 is 20.0. The molecule has 92 valence electrons. The van der Waals surface area contributed by atoms with E-state index in [9.17, 15) is 5.11 Å². The highest BCUT2D eigenvalue weighted by molar-refractivity contribution is 4.50. The predicted molar refractivity (Wildman–Crippen MR) is 56.0 cm³/mol. The van der Waals surface area contributed by atoms with Crippen LogP contribution in [0, 0.1) is 0 Å². The molecule has 0 saturated heterocycles. The summed E-state index contributed by atoms with van der Waals surface area (Å²) in [6, 6.07) is 0. The summed E-state index contributed by atoms with van der Waals surface area (Å²) in [5.74, 6) is 0. The van der Waals surface area contributed by atoms with Crippen LogP contribution in [-0.4, -0.2) is 65.1 Å². The van der Waals surface area contributed by atoms with E-state index in [0.717, 1.165) is 6.42 Å². The van der Waals surface area contributed by atoms with Crippen molar-refractivity contribution in [1.29, 1.82) is 0 Å². The van der Waals surface area contributed by atoms with Crippen LogP contribution >= 0.6 is 0 Å². The van der Waals surface area contributed by atoms with Gasteiger partial charge in [-0.1, -0.05) is 0 Å². The van der Waals surface area contributed by atoms with Gasteiger partial charge in [0.15, 0.2) is 0 Å². The first-order valence-corrected chi connectivity index (χ1v) is 5.12. The van der Waals surface area contributed by atoms with E-state index in [1.165, 1.54) is 0 Å². The highest BCUT2D eigenvalue weighted by atomic mass is 16.5. The Morgan fingerprint density at radius 2 is 1.60 bits per heavy atom. The minimum absolute atomic E-state index is 0.310. The molecule has 15 heavy (non-hydrogen) atoms. The number of aliphatic hydroxyl groups excluding tert-OH is 1. The van der Waals surface area contributed by atoms with Gasteiger partial charge in [-0.05, 0) is 6.42 Å². The standard InChI is InChI=1S/C10H22O5/c1-12-6-7-14-4-3-5-15-9-10(11)8-13-2/h10-11H,3-9H2,1-2H3. The molecule has 0 aliphatic rings. The van der Waals surface area contributed by atoms with Gasteiger partial charge in [0.05, 0.1) is 26.4 Å².